The second kappa shape index (κ2) is 18.5. The van der Waals surface area contributed by atoms with Crippen molar-refractivity contribution in [2.45, 2.75) is 78.6 Å². The molecule has 0 aliphatic rings. The molecule has 1 heterocycles. The van der Waals surface area contributed by atoms with Gasteiger partial charge in [-0.3, -0.25) is 20.0 Å². The lowest BCUT2D eigenvalue weighted by Gasteiger charge is -2.32. The Bertz CT molecular complexity index is 1400. The van der Waals surface area contributed by atoms with Crippen LogP contribution < -0.4 is 0 Å². The Morgan fingerprint density at radius 3 is 2.26 bits per heavy atom. The van der Waals surface area contributed by atoms with Crippen molar-refractivity contribution in [2.24, 2.45) is 5.92 Å². The van der Waals surface area contributed by atoms with Crippen molar-refractivity contribution in [2.75, 3.05) is 13.2 Å². The molecule has 15 nitrogen and oxygen atoms in total. The van der Waals surface area contributed by atoms with Gasteiger partial charge in [0.05, 0.1) is 18.6 Å². The highest BCUT2D eigenvalue weighted by molar-refractivity contribution is 5.84. The minimum absolute atomic E-state index is 0.111. The molecule has 15 heteroatoms. The predicted octanol–water partition coefficient (Wildman–Crippen LogP) is 4.93. The van der Waals surface area contributed by atoms with Crippen LogP contribution in [-0.4, -0.2) is 83.3 Å². The molecule has 1 aromatic heterocycles. The average molecular weight is 643 g/mol. The number of ether oxygens (including phenoxy) is 2. The first-order valence-electron chi connectivity index (χ1n) is 15.2. The van der Waals surface area contributed by atoms with Crippen molar-refractivity contribution >= 4 is 18.0 Å². The van der Waals surface area contributed by atoms with Crippen LogP contribution in [0.5, 0.6) is 0 Å². The third-order valence-corrected chi connectivity index (χ3v) is 7.04. The third-order valence-electron chi connectivity index (χ3n) is 7.04. The van der Waals surface area contributed by atoms with Gasteiger partial charge in [-0.2, -0.15) is 0 Å². The fraction of sp³-hybridized carbons (Fsp3) is 0.484. The van der Waals surface area contributed by atoms with Gasteiger partial charge in [0.15, 0.2) is 0 Å². The number of aliphatic carboxylic acids is 1. The largest absolute Gasteiger partial charge is 0.510 e. The number of hydrogen-bond donors (Lipinski definition) is 3. The average Bonchev–Trinajstić information content (AvgIpc) is 3.50. The molecule has 0 unspecified atom stereocenters. The maximum Gasteiger partial charge on any atom is 0.510 e. The summed E-state index contributed by atoms with van der Waals surface area (Å²) in [5, 5.41) is 38.9. The van der Waals surface area contributed by atoms with Crippen LogP contribution in [0.4, 0.5) is 4.79 Å². The van der Waals surface area contributed by atoms with Crippen molar-refractivity contribution < 1.29 is 44.2 Å². The molecule has 3 rings (SSSR count). The predicted molar refractivity (Wildman–Crippen MR) is 163 cm³/mol. The van der Waals surface area contributed by atoms with E-state index in [1.54, 1.807) is 13.8 Å². The van der Waals surface area contributed by atoms with Gasteiger partial charge >= 0.3 is 12.1 Å². The van der Waals surface area contributed by atoms with Gasteiger partial charge < -0.3 is 19.5 Å². The molecule has 3 aromatic rings. The quantitative estimate of drug-likeness (QED) is 0.0907. The maximum atomic E-state index is 13.0. The van der Waals surface area contributed by atoms with Crippen molar-refractivity contribution in [1.29, 1.82) is 0 Å². The number of hydrogen-bond acceptors (Lipinski definition) is 12. The minimum Gasteiger partial charge on any atom is -0.480 e. The van der Waals surface area contributed by atoms with Crippen LogP contribution in [0.1, 0.15) is 64.9 Å². The lowest BCUT2D eigenvalue weighted by molar-refractivity contribution is -0.492. The highest BCUT2D eigenvalue weighted by atomic mass is 17.1. The molecular formula is C31H42N6O9. The lowest BCUT2D eigenvalue weighted by Crippen LogP contribution is -2.47. The van der Waals surface area contributed by atoms with Crippen molar-refractivity contribution in [3.63, 3.8) is 0 Å². The Balaban J connectivity index is 1.63. The van der Waals surface area contributed by atoms with Crippen molar-refractivity contribution in [3.8, 4) is 22.5 Å². The number of aromatic nitrogens is 4. The number of rotatable bonds is 19. The van der Waals surface area contributed by atoms with E-state index in [0.717, 1.165) is 27.9 Å². The third kappa shape index (κ3) is 11.2. The molecule has 2 aromatic carbocycles. The number of carboxylic acid groups (broad SMARTS) is 1. The fourth-order valence-electron chi connectivity index (χ4n) is 4.75. The number of carbonyl (C=O) groups is 3. The van der Waals surface area contributed by atoms with Crippen LogP contribution in [0.15, 0.2) is 48.5 Å². The number of carboxylic acids is 1. The summed E-state index contributed by atoms with van der Waals surface area (Å²) in [5.74, 6) is -1.13. The van der Waals surface area contributed by atoms with E-state index in [4.69, 9.17) is 19.9 Å². The van der Waals surface area contributed by atoms with Crippen LogP contribution in [0.25, 0.3) is 22.5 Å². The van der Waals surface area contributed by atoms with Gasteiger partial charge in [-0.1, -0.05) is 75.7 Å². The van der Waals surface area contributed by atoms with Gasteiger partial charge in [0.25, 0.3) is 0 Å². The number of amides is 1. The van der Waals surface area contributed by atoms with Crippen molar-refractivity contribution in [3.05, 3.63) is 54.1 Å². The first-order chi connectivity index (χ1) is 22.1. The summed E-state index contributed by atoms with van der Waals surface area (Å²) in [6, 6.07) is 14.1. The van der Waals surface area contributed by atoms with Crippen LogP contribution in [0.3, 0.4) is 0 Å². The number of nitrogens with zero attached hydrogens (tertiary/aromatic N) is 6. The summed E-state index contributed by atoms with van der Waals surface area (Å²) in [7, 11) is 0. The number of benzene rings is 2. The summed E-state index contributed by atoms with van der Waals surface area (Å²) in [6.45, 7) is 5.70. The van der Waals surface area contributed by atoms with Crippen LogP contribution in [0.2, 0.25) is 0 Å². The van der Waals surface area contributed by atoms with Gasteiger partial charge in [0.1, 0.15) is 6.04 Å². The second-order valence-corrected chi connectivity index (χ2v) is 10.9. The van der Waals surface area contributed by atoms with E-state index in [1.165, 1.54) is 4.90 Å². The van der Waals surface area contributed by atoms with Crippen LogP contribution in [0, 0.1) is 5.92 Å². The summed E-state index contributed by atoms with van der Waals surface area (Å²) in [6.07, 6.45) is 2.66. The highest BCUT2D eigenvalue weighted by Crippen LogP contribution is 2.30. The smallest absolute Gasteiger partial charge is 0.480 e. The molecule has 1 atom stereocenters. The molecule has 0 bridgehead atoms. The van der Waals surface area contributed by atoms with E-state index in [1.807, 2.05) is 55.5 Å². The molecule has 0 radical (unpaired) electrons. The summed E-state index contributed by atoms with van der Waals surface area (Å²) in [5.41, 5.74) is 3.18. The minimum atomic E-state index is -1.02. The second-order valence-electron chi connectivity index (χ2n) is 10.9. The molecule has 0 saturated carbocycles. The molecule has 0 fully saturated rings. The topological polar surface area (TPSA) is 190 Å². The Morgan fingerprint density at radius 2 is 1.61 bits per heavy atom. The zero-order chi connectivity index (χ0) is 33.5. The summed E-state index contributed by atoms with van der Waals surface area (Å²) >= 11 is 0. The Labute approximate surface area is 267 Å². The van der Waals surface area contributed by atoms with Gasteiger partial charge in [-0.15, -0.1) is 15.0 Å². The van der Waals surface area contributed by atoms with Crippen LogP contribution in [-0.2, 0) is 37.2 Å². The molecule has 0 aliphatic carbocycles. The van der Waals surface area contributed by atoms with Crippen LogP contribution >= 0.6 is 0 Å². The zero-order valence-corrected chi connectivity index (χ0v) is 26.3. The van der Waals surface area contributed by atoms with E-state index in [2.05, 4.69) is 20.2 Å². The molecule has 46 heavy (non-hydrogen) atoms. The normalized spacial score (nSPS) is 11.9. The fourth-order valence-corrected chi connectivity index (χ4v) is 4.75. The summed E-state index contributed by atoms with van der Waals surface area (Å²) < 4.78 is 10.1. The zero-order valence-electron chi connectivity index (χ0n) is 26.3. The molecular weight excluding hydrogens is 600 g/mol. The molecule has 3 N–H and O–H groups in total. The Hall–Kier alpha value is -4.44. The highest BCUT2D eigenvalue weighted by Gasteiger charge is 2.32. The molecule has 1 amide bonds. The molecule has 0 spiro atoms. The van der Waals surface area contributed by atoms with E-state index in [-0.39, 0.29) is 43.7 Å². The SMILES string of the molecule is CCCCC(=O)N(Cc1ccc(-c2ccccc2-c2nnn(COC(=O)OCCCCCON(O)O)n2)cc1)[C@H](C(=O)O)C(C)C. The van der Waals surface area contributed by atoms with Gasteiger partial charge in [-0.05, 0) is 53.5 Å². The van der Waals surface area contributed by atoms with E-state index >= 15 is 0 Å². The first kappa shape index (κ1) is 36.0. The molecule has 0 saturated heterocycles. The Morgan fingerprint density at radius 1 is 0.913 bits per heavy atom. The number of carbonyl (C=O) groups excluding carboxylic acids is 2. The van der Waals surface area contributed by atoms with Crippen molar-refractivity contribution in [1.82, 2.24) is 30.5 Å². The maximum absolute atomic E-state index is 13.0. The van der Waals surface area contributed by atoms with Gasteiger partial charge in [-0.25, -0.2) is 9.59 Å². The number of tetrazole rings is 1. The standard InChI is InChI=1S/C31H42N6O9/c1-4-5-13-27(38)35(28(22(2)3)30(39)40)20-23-14-16-24(17-15-23)25-11-7-8-12-26(25)29-32-34-36(33-29)21-45-31(41)44-18-9-6-10-19-46-37(42)43/h7-8,11-12,14-17,22,28,42-43H,4-6,9-10,13,18-21H2,1-3H3,(H,39,40)/t28-/m0/s1. The molecule has 0 aliphatic heterocycles. The lowest BCUT2D eigenvalue weighted by atomic mass is 9.97. The first-order valence-corrected chi connectivity index (χ1v) is 15.2. The molecule has 250 valence electrons. The summed E-state index contributed by atoms with van der Waals surface area (Å²) in [4.78, 5) is 44.0. The van der Waals surface area contributed by atoms with Gasteiger partial charge in [0, 0.05) is 18.5 Å². The Kier molecular flexibility index (Phi) is 14.5. The van der Waals surface area contributed by atoms with E-state index in [9.17, 15) is 19.5 Å². The van der Waals surface area contributed by atoms with E-state index in [0.29, 0.717) is 43.5 Å². The number of unbranched alkanes of at least 4 members (excludes halogenated alkanes) is 3. The van der Waals surface area contributed by atoms with Gasteiger partial charge in [0.2, 0.25) is 18.5 Å². The van der Waals surface area contributed by atoms with E-state index < -0.39 is 18.2 Å². The monoisotopic (exact) mass is 642 g/mol.